The molecule has 182 valence electrons. The summed E-state index contributed by atoms with van der Waals surface area (Å²) in [6.45, 7) is 6.81. The second-order valence-corrected chi connectivity index (χ2v) is 11.4. The molecule has 0 spiro atoms. The molecule has 0 aliphatic heterocycles. The number of carbonyl (C=O) groups excluding carboxylic acids is 1. The SMILES string of the molecule is CCN(CC)CCN(C(=O)c1ccc(S(=O)(=O)N(C)C2CC2)cc1)c1nc2c(F)cccc2s1. The van der Waals surface area contributed by atoms with Crippen molar-refractivity contribution in [3.05, 3.63) is 53.8 Å². The lowest BCUT2D eigenvalue weighted by atomic mass is 10.2. The van der Waals surface area contributed by atoms with Crippen LogP contribution in [0, 0.1) is 5.82 Å². The summed E-state index contributed by atoms with van der Waals surface area (Å²) >= 11 is 1.26. The first kappa shape index (κ1) is 24.7. The molecule has 0 unspecified atom stereocenters. The Morgan fingerprint density at radius 3 is 2.35 bits per heavy atom. The molecule has 4 rings (SSSR count). The summed E-state index contributed by atoms with van der Waals surface area (Å²) in [7, 11) is -2.00. The topological polar surface area (TPSA) is 73.8 Å². The molecule has 0 saturated heterocycles. The molecule has 1 aliphatic carbocycles. The maximum absolute atomic E-state index is 14.3. The first-order chi connectivity index (χ1) is 16.3. The van der Waals surface area contributed by atoms with Crippen molar-refractivity contribution >= 4 is 42.6 Å². The number of hydrogen-bond acceptors (Lipinski definition) is 6. The van der Waals surface area contributed by atoms with Crippen molar-refractivity contribution in [2.24, 2.45) is 0 Å². The second kappa shape index (κ2) is 10.1. The number of hydrogen-bond donors (Lipinski definition) is 0. The minimum absolute atomic E-state index is 0.0568. The molecule has 3 aromatic rings. The molecule has 1 aliphatic rings. The van der Waals surface area contributed by atoms with Gasteiger partial charge in [0.2, 0.25) is 10.0 Å². The normalized spacial score (nSPS) is 14.3. The third kappa shape index (κ3) is 5.00. The number of nitrogens with zero attached hydrogens (tertiary/aromatic N) is 4. The number of anilines is 1. The molecule has 0 atom stereocenters. The van der Waals surface area contributed by atoms with Gasteiger partial charge in [-0.15, -0.1) is 0 Å². The van der Waals surface area contributed by atoms with Crippen LogP contribution in [0.1, 0.15) is 37.0 Å². The third-order valence-corrected chi connectivity index (χ3v) is 9.18. The highest BCUT2D eigenvalue weighted by Crippen LogP contribution is 2.32. The van der Waals surface area contributed by atoms with Crippen LogP contribution < -0.4 is 4.90 Å². The number of likely N-dealkylation sites (N-methyl/N-ethyl adjacent to an activating group) is 1. The van der Waals surface area contributed by atoms with Crippen molar-refractivity contribution in [3.8, 4) is 0 Å². The zero-order valence-corrected chi connectivity index (χ0v) is 21.2. The van der Waals surface area contributed by atoms with Crippen molar-refractivity contribution in [1.29, 1.82) is 0 Å². The Balaban J connectivity index is 1.63. The van der Waals surface area contributed by atoms with Crippen LogP contribution >= 0.6 is 11.3 Å². The van der Waals surface area contributed by atoms with Crippen LogP contribution in [-0.2, 0) is 10.0 Å². The van der Waals surface area contributed by atoms with Gasteiger partial charge in [0.15, 0.2) is 5.13 Å². The number of sulfonamides is 1. The van der Waals surface area contributed by atoms with Gasteiger partial charge in [0.1, 0.15) is 11.3 Å². The number of halogens is 1. The molecule has 1 heterocycles. The average Bonchev–Trinajstić information content (AvgIpc) is 3.60. The number of para-hydroxylation sites is 1. The number of aromatic nitrogens is 1. The Morgan fingerprint density at radius 2 is 1.76 bits per heavy atom. The van der Waals surface area contributed by atoms with Crippen LogP contribution in [0.25, 0.3) is 10.2 Å². The maximum atomic E-state index is 14.3. The van der Waals surface area contributed by atoms with Crippen LogP contribution in [-0.4, -0.2) is 67.8 Å². The molecule has 0 N–H and O–H groups in total. The maximum Gasteiger partial charge on any atom is 0.260 e. The van der Waals surface area contributed by atoms with Gasteiger partial charge in [0.25, 0.3) is 5.91 Å². The van der Waals surface area contributed by atoms with E-state index in [0.29, 0.717) is 28.5 Å². The average molecular weight is 505 g/mol. The fraction of sp³-hybridized carbons (Fsp3) is 0.417. The predicted molar refractivity (Wildman–Crippen MR) is 133 cm³/mol. The lowest BCUT2D eigenvalue weighted by Gasteiger charge is -2.25. The smallest absolute Gasteiger partial charge is 0.260 e. The van der Waals surface area contributed by atoms with Crippen molar-refractivity contribution < 1.29 is 17.6 Å². The summed E-state index contributed by atoms with van der Waals surface area (Å²) in [5, 5.41) is 0.419. The van der Waals surface area contributed by atoms with Gasteiger partial charge in [-0.2, -0.15) is 4.31 Å². The van der Waals surface area contributed by atoms with E-state index in [1.807, 2.05) is 0 Å². The molecule has 34 heavy (non-hydrogen) atoms. The molecular formula is C24H29FN4O3S2. The third-order valence-electron chi connectivity index (χ3n) is 6.21. The van der Waals surface area contributed by atoms with Crippen LogP contribution in [0.15, 0.2) is 47.4 Å². The zero-order valence-electron chi connectivity index (χ0n) is 19.6. The largest absolute Gasteiger partial charge is 0.302 e. The van der Waals surface area contributed by atoms with Crippen LogP contribution in [0.4, 0.5) is 9.52 Å². The molecule has 1 aromatic heterocycles. The van der Waals surface area contributed by atoms with Crippen molar-refractivity contribution in [3.63, 3.8) is 0 Å². The van der Waals surface area contributed by atoms with Crippen molar-refractivity contribution in [2.75, 3.05) is 38.1 Å². The second-order valence-electron chi connectivity index (χ2n) is 8.34. The highest BCUT2D eigenvalue weighted by molar-refractivity contribution is 7.89. The van der Waals surface area contributed by atoms with E-state index in [0.717, 1.165) is 25.9 Å². The van der Waals surface area contributed by atoms with Gasteiger partial charge >= 0.3 is 0 Å². The monoisotopic (exact) mass is 504 g/mol. The Morgan fingerprint density at radius 1 is 1.09 bits per heavy atom. The van der Waals surface area contributed by atoms with E-state index in [2.05, 4.69) is 23.7 Å². The molecule has 0 bridgehead atoms. The summed E-state index contributed by atoms with van der Waals surface area (Å²) in [5.74, 6) is -0.725. The molecule has 1 fully saturated rings. The number of carbonyl (C=O) groups is 1. The molecule has 1 saturated carbocycles. The van der Waals surface area contributed by atoms with Crippen LogP contribution in [0.2, 0.25) is 0 Å². The number of thiazole rings is 1. The number of amides is 1. The van der Waals surface area contributed by atoms with Gasteiger partial charge in [-0.05, 0) is 62.3 Å². The van der Waals surface area contributed by atoms with Crippen LogP contribution in [0.5, 0.6) is 0 Å². The summed E-state index contributed by atoms with van der Waals surface area (Å²) in [4.78, 5) is 21.9. The summed E-state index contributed by atoms with van der Waals surface area (Å²) < 4.78 is 41.9. The number of rotatable bonds is 10. The standard InChI is InChI=1S/C24H29FN4O3S2/c1-4-28(5-2)15-16-29(24-26-22-20(25)7-6-8-21(22)33-24)23(30)17-9-13-19(14-10-17)34(31,32)27(3)18-11-12-18/h6-10,13-14,18H,4-5,11-12,15-16H2,1-3H3. The highest BCUT2D eigenvalue weighted by Gasteiger charge is 2.35. The Bertz CT molecular complexity index is 1270. The molecule has 7 nitrogen and oxygen atoms in total. The first-order valence-electron chi connectivity index (χ1n) is 11.4. The predicted octanol–water partition coefficient (Wildman–Crippen LogP) is 4.21. The van der Waals surface area contributed by atoms with Crippen LogP contribution in [0.3, 0.4) is 0 Å². The van der Waals surface area contributed by atoms with E-state index in [1.54, 1.807) is 24.1 Å². The zero-order chi connectivity index (χ0) is 24.5. The van der Waals surface area contributed by atoms with Crippen molar-refractivity contribution in [2.45, 2.75) is 37.6 Å². The van der Waals surface area contributed by atoms with E-state index in [4.69, 9.17) is 0 Å². The molecule has 1 amide bonds. The molecule has 0 radical (unpaired) electrons. The molecule has 2 aromatic carbocycles. The summed E-state index contributed by atoms with van der Waals surface area (Å²) in [6.07, 6.45) is 1.74. The van der Waals surface area contributed by atoms with E-state index >= 15 is 0 Å². The summed E-state index contributed by atoms with van der Waals surface area (Å²) in [6, 6.07) is 10.8. The lowest BCUT2D eigenvalue weighted by Crippen LogP contribution is -2.39. The van der Waals surface area contributed by atoms with Gasteiger partial charge in [0, 0.05) is 31.7 Å². The van der Waals surface area contributed by atoms with Gasteiger partial charge in [-0.3, -0.25) is 9.69 Å². The minimum Gasteiger partial charge on any atom is -0.302 e. The van der Waals surface area contributed by atoms with E-state index in [1.165, 1.54) is 46.0 Å². The van der Waals surface area contributed by atoms with Gasteiger partial charge < -0.3 is 4.90 Å². The van der Waals surface area contributed by atoms with Crippen molar-refractivity contribution in [1.82, 2.24) is 14.2 Å². The quantitative estimate of drug-likeness (QED) is 0.414. The Labute approximate surface area is 203 Å². The first-order valence-corrected chi connectivity index (χ1v) is 13.7. The highest BCUT2D eigenvalue weighted by atomic mass is 32.2. The molecular weight excluding hydrogens is 475 g/mol. The van der Waals surface area contributed by atoms with Gasteiger partial charge in [-0.25, -0.2) is 17.8 Å². The Hall–Kier alpha value is -2.40. The lowest BCUT2D eigenvalue weighted by molar-refractivity contribution is 0.0983. The summed E-state index contributed by atoms with van der Waals surface area (Å²) in [5.41, 5.74) is 0.597. The van der Waals surface area contributed by atoms with Gasteiger partial charge in [0.05, 0.1) is 9.60 Å². The van der Waals surface area contributed by atoms with E-state index in [9.17, 15) is 17.6 Å². The van der Waals surface area contributed by atoms with Gasteiger partial charge in [-0.1, -0.05) is 31.3 Å². The minimum atomic E-state index is -3.59. The number of fused-ring (bicyclic) bond motifs is 1. The van der Waals surface area contributed by atoms with E-state index < -0.39 is 15.8 Å². The fourth-order valence-electron chi connectivity index (χ4n) is 3.81. The fourth-order valence-corrected chi connectivity index (χ4v) is 6.23. The number of benzene rings is 2. The van der Waals surface area contributed by atoms with E-state index in [-0.39, 0.29) is 22.4 Å². The molecule has 10 heteroatoms. The Kier molecular flexibility index (Phi) is 7.32.